The quantitative estimate of drug-likeness (QED) is 0.794. The number of carbonyl (C=O) groups excluding carboxylic acids is 1. The van der Waals surface area contributed by atoms with Gasteiger partial charge in [0.1, 0.15) is 11.8 Å². The molecule has 2 heterocycles. The third-order valence-corrected chi connectivity index (χ3v) is 3.73. The molecule has 3 rings (SSSR count). The van der Waals surface area contributed by atoms with Crippen molar-refractivity contribution in [1.29, 1.82) is 0 Å². The van der Waals surface area contributed by atoms with Crippen LogP contribution >= 0.6 is 11.6 Å². The lowest BCUT2D eigenvalue weighted by atomic mass is 10.1. The molecule has 0 aliphatic carbocycles. The summed E-state index contributed by atoms with van der Waals surface area (Å²) in [4.78, 5) is 14.4. The van der Waals surface area contributed by atoms with Crippen LogP contribution in [0.5, 0.6) is 0 Å². The molecule has 1 unspecified atom stereocenters. The highest BCUT2D eigenvalue weighted by Crippen LogP contribution is 2.23. The Morgan fingerprint density at radius 3 is 3.11 bits per heavy atom. The molecule has 1 saturated heterocycles. The van der Waals surface area contributed by atoms with Crippen molar-refractivity contribution in [2.45, 2.75) is 6.04 Å². The van der Waals surface area contributed by atoms with Crippen molar-refractivity contribution in [2.75, 3.05) is 25.6 Å². The van der Waals surface area contributed by atoms with E-state index in [-0.39, 0.29) is 11.9 Å². The number of morpholine rings is 1. The van der Waals surface area contributed by atoms with Gasteiger partial charge in [-0.1, -0.05) is 18.2 Å². The standard InChI is InChI=1S/C14H14ClNO3/c15-7-10-8-18-6-5-16(10)14(17)12-9-19-13-4-2-1-3-11(12)13/h1-4,9-10H,5-8H2. The third kappa shape index (κ3) is 2.22. The van der Waals surface area contributed by atoms with Crippen LogP contribution in [0.15, 0.2) is 34.9 Å². The highest BCUT2D eigenvalue weighted by Gasteiger charge is 2.29. The summed E-state index contributed by atoms with van der Waals surface area (Å²) < 4.78 is 10.8. The minimum absolute atomic E-state index is 0.0427. The Labute approximate surface area is 115 Å². The molecule has 0 radical (unpaired) electrons. The summed E-state index contributed by atoms with van der Waals surface area (Å²) in [6.45, 7) is 1.61. The summed E-state index contributed by atoms with van der Waals surface area (Å²) in [6, 6.07) is 7.45. The summed E-state index contributed by atoms with van der Waals surface area (Å²) in [5.41, 5.74) is 1.31. The number of ether oxygens (including phenoxy) is 1. The number of halogens is 1. The van der Waals surface area contributed by atoms with E-state index in [1.165, 1.54) is 6.26 Å². The number of rotatable bonds is 2. The van der Waals surface area contributed by atoms with E-state index in [0.29, 0.717) is 31.2 Å². The highest BCUT2D eigenvalue weighted by atomic mass is 35.5. The molecule has 4 nitrogen and oxygen atoms in total. The average molecular weight is 280 g/mol. The van der Waals surface area contributed by atoms with Crippen LogP contribution in [0.4, 0.5) is 0 Å². The number of hydrogen-bond donors (Lipinski definition) is 0. The number of benzene rings is 1. The second kappa shape index (κ2) is 5.23. The number of amides is 1. The van der Waals surface area contributed by atoms with Gasteiger partial charge in [-0.05, 0) is 6.07 Å². The Balaban J connectivity index is 1.94. The minimum Gasteiger partial charge on any atom is -0.463 e. The first-order valence-corrected chi connectivity index (χ1v) is 6.75. The fraction of sp³-hybridized carbons (Fsp3) is 0.357. The van der Waals surface area contributed by atoms with Crippen molar-refractivity contribution in [2.24, 2.45) is 0 Å². The van der Waals surface area contributed by atoms with Crippen molar-refractivity contribution < 1.29 is 13.9 Å². The fourth-order valence-corrected chi connectivity index (χ4v) is 2.60. The molecule has 5 heteroatoms. The molecular formula is C14H14ClNO3. The van der Waals surface area contributed by atoms with Crippen LogP contribution < -0.4 is 0 Å². The van der Waals surface area contributed by atoms with E-state index >= 15 is 0 Å². The minimum atomic E-state index is -0.0726. The van der Waals surface area contributed by atoms with Gasteiger partial charge in [-0.15, -0.1) is 11.6 Å². The molecule has 2 aromatic rings. The molecule has 100 valence electrons. The molecule has 1 atom stereocenters. The lowest BCUT2D eigenvalue weighted by molar-refractivity contribution is 0.00462. The third-order valence-electron chi connectivity index (χ3n) is 3.38. The molecule has 0 bridgehead atoms. The lowest BCUT2D eigenvalue weighted by Crippen LogP contribution is -2.49. The lowest BCUT2D eigenvalue weighted by Gasteiger charge is -2.34. The van der Waals surface area contributed by atoms with Crippen LogP contribution in [0.25, 0.3) is 11.0 Å². The van der Waals surface area contributed by atoms with E-state index in [4.69, 9.17) is 20.8 Å². The van der Waals surface area contributed by atoms with Crippen LogP contribution in [0.1, 0.15) is 10.4 Å². The van der Waals surface area contributed by atoms with E-state index in [1.807, 2.05) is 24.3 Å². The second-order valence-electron chi connectivity index (χ2n) is 4.53. The first kappa shape index (κ1) is 12.5. The number of fused-ring (bicyclic) bond motifs is 1. The molecular weight excluding hydrogens is 266 g/mol. The average Bonchev–Trinajstić information content (AvgIpc) is 2.90. The van der Waals surface area contributed by atoms with Gasteiger partial charge in [-0.3, -0.25) is 4.79 Å². The predicted octanol–water partition coefficient (Wildman–Crippen LogP) is 2.51. The highest BCUT2D eigenvalue weighted by molar-refractivity contribution is 6.18. The molecule has 19 heavy (non-hydrogen) atoms. The maximum atomic E-state index is 12.6. The van der Waals surface area contributed by atoms with Crippen LogP contribution in [-0.2, 0) is 4.74 Å². The summed E-state index contributed by atoms with van der Waals surface area (Å²) in [7, 11) is 0. The largest absolute Gasteiger partial charge is 0.463 e. The summed E-state index contributed by atoms with van der Waals surface area (Å²) in [6.07, 6.45) is 1.52. The van der Waals surface area contributed by atoms with E-state index in [2.05, 4.69) is 0 Å². The van der Waals surface area contributed by atoms with Gasteiger partial charge in [-0.2, -0.15) is 0 Å². The van der Waals surface area contributed by atoms with E-state index in [1.54, 1.807) is 4.90 Å². The van der Waals surface area contributed by atoms with Crippen LogP contribution in [-0.4, -0.2) is 42.5 Å². The van der Waals surface area contributed by atoms with Crippen LogP contribution in [0.2, 0.25) is 0 Å². The molecule has 1 aromatic heterocycles. The number of hydrogen-bond acceptors (Lipinski definition) is 3. The fourth-order valence-electron chi connectivity index (χ4n) is 2.35. The van der Waals surface area contributed by atoms with Crippen LogP contribution in [0.3, 0.4) is 0 Å². The number of carbonyl (C=O) groups is 1. The molecule has 1 fully saturated rings. The SMILES string of the molecule is O=C(c1coc2ccccc12)N1CCOCC1CCl. The maximum Gasteiger partial charge on any atom is 0.258 e. The molecule has 0 N–H and O–H groups in total. The van der Waals surface area contributed by atoms with Crippen molar-refractivity contribution >= 4 is 28.5 Å². The van der Waals surface area contributed by atoms with E-state index < -0.39 is 0 Å². The Kier molecular flexibility index (Phi) is 3.44. The summed E-state index contributed by atoms with van der Waals surface area (Å²) in [5.74, 6) is 0.334. The Morgan fingerprint density at radius 1 is 1.42 bits per heavy atom. The van der Waals surface area contributed by atoms with E-state index in [0.717, 1.165) is 11.0 Å². The first-order chi connectivity index (χ1) is 9.31. The van der Waals surface area contributed by atoms with Gasteiger partial charge < -0.3 is 14.1 Å². The Bertz CT molecular complexity index is 595. The van der Waals surface area contributed by atoms with Gasteiger partial charge in [0.25, 0.3) is 5.91 Å². The van der Waals surface area contributed by atoms with Gasteiger partial charge in [0.2, 0.25) is 0 Å². The smallest absolute Gasteiger partial charge is 0.258 e. The summed E-state index contributed by atoms with van der Waals surface area (Å²) >= 11 is 5.90. The molecule has 1 aromatic carbocycles. The van der Waals surface area contributed by atoms with Crippen molar-refractivity contribution in [3.05, 3.63) is 36.1 Å². The van der Waals surface area contributed by atoms with Crippen molar-refractivity contribution in [1.82, 2.24) is 4.90 Å². The number of alkyl halides is 1. The van der Waals surface area contributed by atoms with Crippen molar-refractivity contribution in [3.63, 3.8) is 0 Å². The topological polar surface area (TPSA) is 42.7 Å². The molecule has 1 aliphatic rings. The Hall–Kier alpha value is -1.52. The van der Waals surface area contributed by atoms with Crippen LogP contribution in [0, 0.1) is 0 Å². The summed E-state index contributed by atoms with van der Waals surface area (Å²) in [5, 5.41) is 0.840. The van der Waals surface area contributed by atoms with Gasteiger partial charge in [0.15, 0.2) is 0 Å². The monoisotopic (exact) mass is 279 g/mol. The van der Waals surface area contributed by atoms with E-state index in [9.17, 15) is 4.79 Å². The number of nitrogens with zero attached hydrogens (tertiary/aromatic N) is 1. The zero-order valence-electron chi connectivity index (χ0n) is 10.3. The predicted molar refractivity (Wildman–Crippen MR) is 72.6 cm³/mol. The molecule has 0 saturated carbocycles. The van der Waals surface area contributed by atoms with Gasteiger partial charge >= 0.3 is 0 Å². The normalized spacial score (nSPS) is 19.8. The van der Waals surface area contributed by atoms with Gasteiger partial charge in [0, 0.05) is 17.8 Å². The molecule has 1 aliphatic heterocycles. The second-order valence-corrected chi connectivity index (χ2v) is 4.84. The van der Waals surface area contributed by atoms with Crippen molar-refractivity contribution in [3.8, 4) is 0 Å². The number of furan rings is 1. The molecule has 1 amide bonds. The Morgan fingerprint density at radius 2 is 2.26 bits per heavy atom. The number of para-hydroxylation sites is 1. The zero-order valence-corrected chi connectivity index (χ0v) is 11.1. The molecule has 0 spiro atoms. The zero-order chi connectivity index (χ0) is 13.2. The maximum absolute atomic E-state index is 12.6. The van der Waals surface area contributed by atoms with Gasteiger partial charge in [-0.25, -0.2) is 0 Å². The first-order valence-electron chi connectivity index (χ1n) is 6.22. The van der Waals surface area contributed by atoms with Gasteiger partial charge in [0.05, 0.1) is 24.8 Å².